The predicted octanol–water partition coefficient (Wildman–Crippen LogP) is -0.408. The van der Waals surface area contributed by atoms with E-state index in [4.69, 9.17) is 16.1 Å². The Kier molecular flexibility index (Phi) is 0.850. The molecule has 0 radical (unpaired) electrons. The molecule has 1 saturated heterocycles. The van der Waals surface area contributed by atoms with Crippen LogP contribution in [0.4, 0.5) is 5.95 Å². The number of hydrogen-bond acceptors (Lipinski definition) is 5. The van der Waals surface area contributed by atoms with Crippen LogP contribution < -0.4 is 10.2 Å². The van der Waals surface area contributed by atoms with Crippen LogP contribution in [0, 0.1) is 0 Å². The average molecular weight is 188 g/mol. The van der Waals surface area contributed by atoms with Gasteiger partial charge in [-0.1, -0.05) is 0 Å². The lowest BCUT2D eigenvalue weighted by Crippen LogP contribution is -2.44. The van der Waals surface area contributed by atoms with Gasteiger partial charge < -0.3 is 15.3 Å². The Labute approximate surface area is 87.7 Å². The van der Waals surface area contributed by atoms with Crippen LogP contribution in [0.1, 0.15) is 11.0 Å². The van der Waals surface area contributed by atoms with Crippen LogP contribution in [0.15, 0.2) is 12.4 Å². The van der Waals surface area contributed by atoms with Crippen molar-refractivity contribution >= 4 is 5.95 Å². The van der Waals surface area contributed by atoms with Gasteiger partial charge in [-0.25, -0.2) is 9.97 Å². The van der Waals surface area contributed by atoms with Gasteiger partial charge in [-0.15, -0.1) is 0 Å². The highest BCUT2D eigenvalue weighted by molar-refractivity contribution is 5.31. The number of piperazine rings is 1. The number of rotatable bonds is 1. The highest BCUT2D eigenvalue weighted by atomic mass is 16.3. The molecule has 2 heterocycles. The van der Waals surface area contributed by atoms with Crippen molar-refractivity contribution in [3.8, 4) is 5.75 Å². The summed E-state index contributed by atoms with van der Waals surface area (Å²) in [6, 6.07) is 0. The second-order valence-electron chi connectivity index (χ2n) is 2.18. The Balaban J connectivity index is 2.64. The molecule has 0 bridgehead atoms. The standard InChI is InChI=1S/C8H12N4O/c13-7-5-10-8(11-6-7)12-3-1-9-2-4-12/h5-6,9,13H,1-4H2/i1D2,2D2,3D2,4D2. The van der Waals surface area contributed by atoms with E-state index in [1.54, 1.807) is 5.32 Å². The minimum atomic E-state index is -2.99. The summed E-state index contributed by atoms with van der Waals surface area (Å²) < 4.78 is 61.7. The first-order valence-electron chi connectivity index (χ1n) is 7.44. The van der Waals surface area contributed by atoms with Crippen molar-refractivity contribution < 1.29 is 16.1 Å². The molecule has 0 unspecified atom stereocenters. The van der Waals surface area contributed by atoms with Crippen LogP contribution in [-0.4, -0.2) is 41.1 Å². The largest absolute Gasteiger partial charge is 0.505 e. The van der Waals surface area contributed by atoms with E-state index in [0.29, 0.717) is 0 Å². The molecule has 1 aromatic heterocycles. The van der Waals surface area contributed by atoms with Crippen LogP contribution in [0.3, 0.4) is 0 Å². The van der Waals surface area contributed by atoms with Gasteiger partial charge in [0.25, 0.3) is 0 Å². The maximum absolute atomic E-state index is 9.13. The van der Waals surface area contributed by atoms with E-state index in [1.165, 1.54) is 0 Å². The van der Waals surface area contributed by atoms with Crippen molar-refractivity contribution in [3.05, 3.63) is 12.4 Å². The van der Waals surface area contributed by atoms with E-state index in [0.717, 1.165) is 12.4 Å². The Bertz CT molecular complexity index is 522. The minimum absolute atomic E-state index is 0.190. The molecule has 1 fully saturated rings. The SMILES string of the molecule is [2H]C1([2H])NC([2H])([2H])C([2H])([2H])N(c2ncc(O)cn2)C1([2H])[2H]. The average Bonchev–Trinajstić information content (AvgIpc) is 2.28. The predicted molar refractivity (Wildman–Crippen MR) is 48.8 cm³/mol. The van der Waals surface area contributed by atoms with Gasteiger partial charge >= 0.3 is 0 Å². The van der Waals surface area contributed by atoms with Gasteiger partial charge in [-0.05, 0) is 0 Å². The molecule has 0 atom stereocenters. The number of nitrogens with one attached hydrogen (secondary N) is 1. The van der Waals surface area contributed by atoms with Gasteiger partial charge in [-0.2, -0.15) is 0 Å². The molecule has 0 saturated carbocycles. The van der Waals surface area contributed by atoms with Crippen LogP contribution in [0.5, 0.6) is 5.75 Å². The fourth-order valence-corrected chi connectivity index (χ4v) is 0.757. The highest BCUT2D eigenvalue weighted by Crippen LogP contribution is 2.10. The van der Waals surface area contributed by atoms with E-state index >= 15 is 0 Å². The van der Waals surface area contributed by atoms with Crippen molar-refractivity contribution in [1.29, 1.82) is 0 Å². The molecule has 1 aliphatic heterocycles. The first-order valence-corrected chi connectivity index (χ1v) is 3.44. The van der Waals surface area contributed by atoms with Crippen molar-refractivity contribution in [1.82, 2.24) is 15.3 Å². The van der Waals surface area contributed by atoms with Gasteiger partial charge in [-0.3, -0.25) is 0 Å². The van der Waals surface area contributed by atoms with E-state index in [-0.39, 0.29) is 10.6 Å². The zero-order valence-corrected chi connectivity index (χ0v) is 6.44. The van der Waals surface area contributed by atoms with Crippen LogP contribution in [0.25, 0.3) is 0 Å². The lowest BCUT2D eigenvalue weighted by Gasteiger charge is -2.26. The second-order valence-corrected chi connectivity index (χ2v) is 2.18. The molecule has 5 nitrogen and oxygen atoms in total. The number of aromatic hydroxyl groups is 1. The van der Waals surface area contributed by atoms with Crippen molar-refractivity contribution in [2.24, 2.45) is 0 Å². The molecular formula is C8H12N4O. The molecule has 70 valence electrons. The van der Waals surface area contributed by atoms with Gasteiger partial charge in [0.1, 0.15) is 0 Å². The normalized spacial score (nSPS) is 42.0. The molecule has 0 aromatic carbocycles. The van der Waals surface area contributed by atoms with E-state index < -0.39 is 31.9 Å². The van der Waals surface area contributed by atoms with Gasteiger partial charge in [0.05, 0.1) is 17.9 Å². The van der Waals surface area contributed by atoms with Crippen molar-refractivity contribution in [2.75, 3.05) is 30.9 Å². The number of aromatic nitrogens is 2. The quantitative estimate of drug-likeness (QED) is 0.627. The lowest BCUT2D eigenvalue weighted by molar-refractivity contribution is 0.468. The lowest BCUT2D eigenvalue weighted by atomic mass is 10.4. The highest BCUT2D eigenvalue weighted by Gasteiger charge is 2.11. The molecule has 1 aromatic rings. The maximum atomic E-state index is 9.13. The summed E-state index contributed by atoms with van der Waals surface area (Å²) in [7, 11) is 0. The van der Waals surface area contributed by atoms with E-state index in [1.807, 2.05) is 0 Å². The molecule has 2 rings (SSSR count). The summed E-state index contributed by atoms with van der Waals surface area (Å²) in [5.41, 5.74) is 0. The molecule has 0 aliphatic carbocycles. The summed E-state index contributed by atoms with van der Waals surface area (Å²) in [6.07, 6.45) is 1.75. The molecule has 13 heavy (non-hydrogen) atoms. The Morgan fingerprint density at radius 2 is 2.00 bits per heavy atom. The topological polar surface area (TPSA) is 61.3 Å². The zero-order valence-electron chi connectivity index (χ0n) is 14.4. The summed E-state index contributed by atoms with van der Waals surface area (Å²) in [4.78, 5) is 7.29. The first-order chi connectivity index (χ1) is 9.33. The van der Waals surface area contributed by atoms with E-state index in [9.17, 15) is 0 Å². The molecule has 0 spiro atoms. The van der Waals surface area contributed by atoms with E-state index in [2.05, 4.69) is 9.97 Å². The third-order valence-electron chi connectivity index (χ3n) is 1.28. The summed E-state index contributed by atoms with van der Waals surface area (Å²) in [6.45, 7) is -11.8. The minimum Gasteiger partial charge on any atom is -0.505 e. The molecule has 2 N–H and O–H groups in total. The summed E-state index contributed by atoms with van der Waals surface area (Å²) in [5, 5.41) is 10.8. The number of anilines is 1. The Morgan fingerprint density at radius 1 is 1.38 bits per heavy atom. The Hall–Kier alpha value is -1.36. The van der Waals surface area contributed by atoms with Gasteiger partial charge in [0.15, 0.2) is 5.75 Å². The smallest absolute Gasteiger partial charge is 0.225 e. The monoisotopic (exact) mass is 188 g/mol. The van der Waals surface area contributed by atoms with Crippen molar-refractivity contribution in [3.63, 3.8) is 0 Å². The zero-order chi connectivity index (χ0) is 16.3. The first kappa shape index (κ1) is 3.09. The van der Waals surface area contributed by atoms with Crippen LogP contribution in [-0.2, 0) is 0 Å². The molecular weight excluding hydrogens is 168 g/mol. The molecule has 1 aliphatic rings. The van der Waals surface area contributed by atoms with Crippen LogP contribution in [0.2, 0.25) is 0 Å². The fraction of sp³-hybridized carbons (Fsp3) is 0.500. The summed E-state index contributed by atoms with van der Waals surface area (Å²) in [5.74, 6) is -0.932. The second kappa shape index (κ2) is 3.57. The maximum Gasteiger partial charge on any atom is 0.225 e. The Morgan fingerprint density at radius 3 is 2.62 bits per heavy atom. The summed E-state index contributed by atoms with van der Waals surface area (Å²) >= 11 is 0. The molecule has 5 heteroatoms. The number of nitrogens with zero attached hydrogens (tertiary/aromatic N) is 3. The third-order valence-corrected chi connectivity index (χ3v) is 1.28. The number of hydrogen-bond donors (Lipinski definition) is 2. The van der Waals surface area contributed by atoms with Crippen molar-refractivity contribution in [2.45, 2.75) is 0 Å². The van der Waals surface area contributed by atoms with Gasteiger partial charge in [0, 0.05) is 31.5 Å². The van der Waals surface area contributed by atoms with Gasteiger partial charge in [0.2, 0.25) is 5.95 Å². The fourth-order valence-electron chi connectivity index (χ4n) is 0.757. The third kappa shape index (κ3) is 1.86. The molecule has 0 amide bonds. The van der Waals surface area contributed by atoms with Crippen LogP contribution >= 0.6 is 0 Å².